The van der Waals surface area contributed by atoms with Crippen molar-refractivity contribution < 1.29 is 9.53 Å². The summed E-state index contributed by atoms with van der Waals surface area (Å²) in [6, 6.07) is 7.50. The quantitative estimate of drug-likeness (QED) is 0.458. The Balaban J connectivity index is 2.49. The Labute approximate surface area is 105 Å². The van der Waals surface area contributed by atoms with Crippen LogP contribution in [-0.2, 0) is 9.53 Å². The van der Waals surface area contributed by atoms with Crippen LogP contribution in [0.3, 0.4) is 0 Å². The number of carbonyl (C=O) groups is 1. The van der Waals surface area contributed by atoms with Gasteiger partial charge in [-0.15, -0.1) is 11.8 Å². The largest absolute Gasteiger partial charge is 0.463 e. The summed E-state index contributed by atoms with van der Waals surface area (Å²) in [6.45, 7) is 5.82. The minimum absolute atomic E-state index is 0.345. The molecule has 0 aliphatic carbocycles. The van der Waals surface area contributed by atoms with Gasteiger partial charge in [0, 0.05) is 16.2 Å². The molecule has 1 aromatic carbocycles. The van der Waals surface area contributed by atoms with Gasteiger partial charge in [0.25, 0.3) is 0 Å². The summed E-state index contributed by atoms with van der Waals surface area (Å²) in [5, 5.41) is 0.684. The van der Waals surface area contributed by atoms with E-state index < -0.39 is 0 Å². The van der Waals surface area contributed by atoms with Crippen molar-refractivity contribution >= 4 is 29.3 Å². The first-order valence-corrected chi connectivity index (χ1v) is 6.23. The van der Waals surface area contributed by atoms with Crippen molar-refractivity contribution in [3.05, 3.63) is 41.4 Å². The molecule has 0 amide bonds. The lowest BCUT2D eigenvalue weighted by Gasteiger charge is -2.06. The highest BCUT2D eigenvalue weighted by molar-refractivity contribution is 7.99. The fourth-order valence-corrected chi connectivity index (χ4v) is 2.15. The van der Waals surface area contributed by atoms with E-state index >= 15 is 0 Å². The molecule has 0 unspecified atom stereocenters. The maximum atomic E-state index is 11.3. The van der Waals surface area contributed by atoms with Crippen LogP contribution in [0.1, 0.15) is 6.92 Å². The van der Waals surface area contributed by atoms with Crippen LogP contribution < -0.4 is 0 Å². The highest BCUT2D eigenvalue weighted by Gasteiger charge is 2.09. The van der Waals surface area contributed by atoms with E-state index in [0.29, 0.717) is 23.0 Å². The van der Waals surface area contributed by atoms with Gasteiger partial charge in [0.2, 0.25) is 0 Å². The van der Waals surface area contributed by atoms with Crippen molar-refractivity contribution in [3.8, 4) is 0 Å². The van der Waals surface area contributed by atoms with Crippen LogP contribution >= 0.6 is 23.4 Å². The third-order valence-electron chi connectivity index (χ3n) is 1.80. The molecule has 0 saturated heterocycles. The molecule has 0 aliphatic heterocycles. The lowest BCUT2D eigenvalue weighted by molar-refractivity contribution is -0.138. The monoisotopic (exact) mass is 256 g/mol. The van der Waals surface area contributed by atoms with Gasteiger partial charge in [-0.3, -0.25) is 0 Å². The summed E-state index contributed by atoms with van der Waals surface area (Å²) in [5.41, 5.74) is 0.451. The van der Waals surface area contributed by atoms with Gasteiger partial charge in [-0.25, -0.2) is 4.79 Å². The molecule has 0 N–H and O–H groups in total. The van der Waals surface area contributed by atoms with Gasteiger partial charge in [-0.2, -0.15) is 0 Å². The zero-order chi connectivity index (χ0) is 12.0. The minimum atomic E-state index is -0.345. The third-order valence-corrected chi connectivity index (χ3v) is 3.40. The van der Waals surface area contributed by atoms with Gasteiger partial charge in [-0.1, -0.05) is 30.3 Å². The molecule has 0 fully saturated rings. The third kappa shape index (κ3) is 3.91. The Bertz CT molecular complexity index is 390. The number of halogens is 1. The first kappa shape index (κ1) is 13.1. The second kappa shape index (κ2) is 6.61. The molecule has 0 bridgehead atoms. The van der Waals surface area contributed by atoms with Crippen molar-refractivity contribution in [2.75, 3.05) is 12.4 Å². The Hall–Kier alpha value is -0.930. The summed E-state index contributed by atoms with van der Waals surface area (Å²) >= 11 is 7.46. The summed E-state index contributed by atoms with van der Waals surface area (Å²) in [4.78, 5) is 12.2. The van der Waals surface area contributed by atoms with E-state index in [1.165, 1.54) is 11.8 Å². The zero-order valence-electron chi connectivity index (χ0n) is 9.03. The van der Waals surface area contributed by atoms with E-state index in [2.05, 4.69) is 6.58 Å². The van der Waals surface area contributed by atoms with E-state index in [9.17, 15) is 4.79 Å². The van der Waals surface area contributed by atoms with Crippen LogP contribution in [0.5, 0.6) is 0 Å². The molecule has 0 saturated carbocycles. The molecule has 16 heavy (non-hydrogen) atoms. The van der Waals surface area contributed by atoms with E-state index in [1.807, 2.05) is 24.3 Å². The number of benzene rings is 1. The Kier molecular flexibility index (Phi) is 5.43. The number of ether oxygens (including phenoxy) is 1. The van der Waals surface area contributed by atoms with Crippen molar-refractivity contribution in [1.29, 1.82) is 0 Å². The Morgan fingerprint density at radius 2 is 2.19 bits per heavy atom. The van der Waals surface area contributed by atoms with Gasteiger partial charge in [0.1, 0.15) is 0 Å². The predicted octanol–water partition coefficient (Wildman–Crippen LogP) is 3.55. The van der Waals surface area contributed by atoms with Gasteiger partial charge < -0.3 is 4.74 Å². The highest BCUT2D eigenvalue weighted by atomic mass is 35.5. The number of esters is 1. The van der Waals surface area contributed by atoms with Crippen LogP contribution in [0.4, 0.5) is 0 Å². The van der Waals surface area contributed by atoms with Crippen molar-refractivity contribution in [3.63, 3.8) is 0 Å². The van der Waals surface area contributed by atoms with E-state index in [0.717, 1.165) is 4.90 Å². The average Bonchev–Trinajstić information content (AvgIpc) is 2.28. The maximum Gasteiger partial charge on any atom is 0.334 e. The number of hydrogen-bond donors (Lipinski definition) is 0. The second-order valence-electron chi connectivity index (χ2n) is 3.04. The lowest BCUT2D eigenvalue weighted by atomic mass is 10.3. The van der Waals surface area contributed by atoms with Crippen molar-refractivity contribution in [1.82, 2.24) is 0 Å². The van der Waals surface area contributed by atoms with Gasteiger partial charge >= 0.3 is 5.97 Å². The molecule has 0 atom stereocenters. The van der Waals surface area contributed by atoms with Gasteiger partial charge in [-0.05, 0) is 19.1 Å². The standard InChI is InChI=1S/C12H13ClO2S/c1-3-15-12(14)9(2)8-16-11-7-5-4-6-10(11)13/h4-7H,2-3,8H2,1H3. The van der Waals surface area contributed by atoms with Crippen molar-refractivity contribution in [2.45, 2.75) is 11.8 Å². The number of rotatable bonds is 5. The van der Waals surface area contributed by atoms with Crippen LogP contribution in [0, 0.1) is 0 Å². The van der Waals surface area contributed by atoms with Crippen LogP contribution in [-0.4, -0.2) is 18.3 Å². The first-order valence-electron chi connectivity index (χ1n) is 4.87. The Morgan fingerprint density at radius 1 is 1.50 bits per heavy atom. The summed E-state index contributed by atoms with van der Waals surface area (Å²) < 4.78 is 4.84. The first-order chi connectivity index (χ1) is 7.65. The molecule has 0 aromatic heterocycles. The molecule has 0 spiro atoms. The van der Waals surface area contributed by atoms with Crippen LogP contribution in [0.15, 0.2) is 41.3 Å². The average molecular weight is 257 g/mol. The number of hydrogen-bond acceptors (Lipinski definition) is 3. The molecular weight excluding hydrogens is 244 g/mol. The molecule has 0 aliphatic rings. The van der Waals surface area contributed by atoms with E-state index in [4.69, 9.17) is 16.3 Å². The zero-order valence-corrected chi connectivity index (χ0v) is 10.6. The fourth-order valence-electron chi connectivity index (χ4n) is 1.02. The highest BCUT2D eigenvalue weighted by Crippen LogP contribution is 2.27. The number of carbonyl (C=O) groups excluding carboxylic acids is 1. The normalized spacial score (nSPS) is 9.88. The SMILES string of the molecule is C=C(CSc1ccccc1Cl)C(=O)OCC. The van der Waals surface area contributed by atoms with Crippen molar-refractivity contribution in [2.24, 2.45) is 0 Å². The molecule has 4 heteroatoms. The molecule has 0 heterocycles. The van der Waals surface area contributed by atoms with Gasteiger partial charge in [0.15, 0.2) is 0 Å². The predicted molar refractivity (Wildman–Crippen MR) is 67.9 cm³/mol. The Morgan fingerprint density at radius 3 is 2.81 bits per heavy atom. The molecular formula is C12H13ClO2S. The molecule has 1 aromatic rings. The summed E-state index contributed by atoms with van der Waals surface area (Å²) in [7, 11) is 0. The summed E-state index contributed by atoms with van der Waals surface area (Å²) in [6.07, 6.45) is 0. The topological polar surface area (TPSA) is 26.3 Å². The maximum absolute atomic E-state index is 11.3. The van der Waals surface area contributed by atoms with E-state index in [-0.39, 0.29) is 5.97 Å². The van der Waals surface area contributed by atoms with Crippen LogP contribution in [0.2, 0.25) is 5.02 Å². The minimum Gasteiger partial charge on any atom is -0.463 e. The van der Waals surface area contributed by atoms with E-state index in [1.54, 1.807) is 6.92 Å². The molecule has 1 rings (SSSR count). The molecule has 2 nitrogen and oxygen atoms in total. The lowest BCUT2D eigenvalue weighted by Crippen LogP contribution is -2.08. The molecule has 86 valence electrons. The fraction of sp³-hybridized carbons (Fsp3) is 0.250. The second-order valence-corrected chi connectivity index (χ2v) is 4.47. The van der Waals surface area contributed by atoms with Gasteiger partial charge in [0.05, 0.1) is 11.6 Å². The number of thioether (sulfide) groups is 1. The van der Waals surface area contributed by atoms with Crippen LogP contribution in [0.25, 0.3) is 0 Å². The smallest absolute Gasteiger partial charge is 0.334 e. The summed E-state index contributed by atoms with van der Waals surface area (Å²) in [5.74, 6) is 0.143. The molecule has 0 radical (unpaired) electrons.